The van der Waals surface area contributed by atoms with Gasteiger partial charge in [-0.05, 0) is 55.0 Å². The molecule has 2 atom stereocenters. The summed E-state index contributed by atoms with van der Waals surface area (Å²) < 4.78 is 25.1. The predicted octanol–water partition coefficient (Wildman–Crippen LogP) is 4.26. The van der Waals surface area contributed by atoms with Gasteiger partial charge in [0, 0.05) is 13.6 Å². The molecule has 0 aromatic heterocycles. The van der Waals surface area contributed by atoms with E-state index >= 15 is 0 Å². The van der Waals surface area contributed by atoms with Crippen molar-refractivity contribution in [3.8, 4) is 0 Å². The fourth-order valence-electron chi connectivity index (χ4n) is 3.96. The molecule has 0 amide bonds. The lowest BCUT2D eigenvalue weighted by Gasteiger charge is -2.45. The maximum absolute atomic E-state index is 11.9. The average molecular weight is 381 g/mol. The normalized spacial score (nSPS) is 24.6. The molecule has 1 aromatic rings. The van der Waals surface area contributed by atoms with E-state index in [-0.39, 0.29) is 5.41 Å². The topological polar surface area (TPSA) is 40.6 Å². The van der Waals surface area contributed by atoms with Crippen LogP contribution in [0.2, 0.25) is 0 Å². The minimum atomic E-state index is -3.24. The Morgan fingerprint density at radius 2 is 2.00 bits per heavy atom. The number of hydrogen-bond acceptors (Lipinski definition) is 3. The van der Waals surface area contributed by atoms with Crippen LogP contribution in [0.1, 0.15) is 58.4 Å². The quantitative estimate of drug-likeness (QED) is 0.633. The van der Waals surface area contributed by atoms with Crippen molar-refractivity contribution in [2.24, 2.45) is 5.92 Å². The summed E-state index contributed by atoms with van der Waals surface area (Å²) in [5, 5.41) is 0. The van der Waals surface area contributed by atoms with E-state index in [1.54, 1.807) is 7.05 Å². The lowest BCUT2D eigenvalue weighted by Crippen LogP contribution is -2.47. The molecule has 1 aliphatic heterocycles. The molecule has 5 heteroatoms. The molecular formula is C21H36N2O2S. The first kappa shape index (κ1) is 21.2. The first-order valence-electron chi connectivity index (χ1n) is 9.95. The van der Waals surface area contributed by atoms with Crippen molar-refractivity contribution in [1.29, 1.82) is 0 Å². The highest BCUT2D eigenvalue weighted by molar-refractivity contribution is 7.92. The van der Waals surface area contributed by atoms with Gasteiger partial charge in [0.2, 0.25) is 10.0 Å². The zero-order valence-corrected chi connectivity index (χ0v) is 18.0. The lowest BCUT2D eigenvalue weighted by molar-refractivity contribution is 0.109. The van der Waals surface area contributed by atoms with Crippen LogP contribution >= 0.6 is 0 Å². The van der Waals surface area contributed by atoms with E-state index in [1.165, 1.54) is 48.4 Å². The maximum Gasteiger partial charge on any atom is 0.231 e. The van der Waals surface area contributed by atoms with Gasteiger partial charge >= 0.3 is 0 Å². The fourth-order valence-corrected chi connectivity index (χ4v) is 4.46. The zero-order chi connectivity index (χ0) is 19.4. The molecule has 2 unspecified atom stereocenters. The average Bonchev–Trinajstić information content (AvgIpc) is 2.60. The summed E-state index contributed by atoms with van der Waals surface area (Å²) in [5.41, 5.74) is 2.10. The summed E-state index contributed by atoms with van der Waals surface area (Å²) in [7, 11) is -1.61. The highest BCUT2D eigenvalue weighted by Gasteiger charge is 2.38. The zero-order valence-electron chi connectivity index (χ0n) is 17.2. The number of hydrogen-bond donors (Lipinski definition) is 0. The Kier molecular flexibility index (Phi) is 7.14. The van der Waals surface area contributed by atoms with Gasteiger partial charge in [-0.1, -0.05) is 52.2 Å². The van der Waals surface area contributed by atoms with E-state index in [0.29, 0.717) is 5.92 Å². The Labute approximate surface area is 160 Å². The van der Waals surface area contributed by atoms with Gasteiger partial charge in [0.25, 0.3) is 0 Å². The van der Waals surface area contributed by atoms with Crippen molar-refractivity contribution < 1.29 is 8.42 Å². The van der Waals surface area contributed by atoms with Crippen molar-refractivity contribution in [2.45, 2.75) is 58.3 Å². The van der Waals surface area contributed by atoms with E-state index in [9.17, 15) is 8.42 Å². The van der Waals surface area contributed by atoms with Crippen LogP contribution in [-0.2, 0) is 15.4 Å². The molecule has 0 bridgehead atoms. The summed E-state index contributed by atoms with van der Waals surface area (Å²) in [5.74, 6) is 0.543. The first-order valence-corrected chi connectivity index (χ1v) is 11.8. The number of benzene rings is 1. The number of anilines is 1. The van der Waals surface area contributed by atoms with Gasteiger partial charge in [0.05, 0.1) is 11.9 Å². The van der Waals surface area contributed by atoms with Gasteiger partial charge in [-0.25, -0.2) is 8.42 Å². The van der Waals surface area contributed by atoms with Crippen LogP contribution in [0.25, 0.3) is 0 Å². The first-order chi connectivity index (χ1) is 12.2. The van der Waals surface area contributed by atoms with Gasteiger partial charge in [0.15, 0.2) is 0 Å². The Bertz CT molecular complexity index is 689. The SMILES string of the molecule is CCCCCCN1CCC(C)(c2cccc(N(C)S(C)(=O)=O)c2)C(C)C1. The monoisotopic (exact) mass is 380 g/mol. The highest BCUT2D eigenvalue weighted by atomic mass is 32.2. The number of likely N-dealkylation sites (tertiary alicyclic amines) is 1. The molecule has 26 heavy (non-hydrogen) atoms. The van der Waals surface area contributed by atoms with Crippen molar-refractivity contribution in [3.05, 3.63) is 29.8 Å². The number of rotatable bonds is 8. The van der Waals surface area contributed by atoms with Crippen molar-refractivity contribution in [3.63, 3.8) is 0 Å². The Morgan fingerprint density at radius 3 is 2.62 bits per heavy atom. The molecular weight excluding hydrogens is 344 g/mol. The highest BCUT2D eigenvalue weighted by Crippen LogP contribution is 2.40. The molecule has 1 fully saturated rings. The largest absolute Gasteiger partial charge is 0.303 e. The molecule has 0 N–H and O–H groups in total. The minimum Gasteiger partial charge on any atom is -0.303 e. The van der Waals surface area contributed by atoms with E-state index in [2.05, 4.69) is 37.8 Å². The molecule has 0 spiro atoms. The molecule has 1 aliphatic rings. The van der Waals surface area contributed by atoms with Gasteiger partial charge in [-0.15, -0.1) is 0 Å². The number of nitrogens with zero attached hydrogens (tertiary/aromatic N) is 2. The molecule has 1 heterocycles. The summed E-state index contributed by atoms with van der Waals surface area (Å²) in [6.07, 6.45) is 7.62. The second-order valence-electron chi connectivity index (χ2n) is 8.21. The van der Waals surface area contributed by atoms with E-state index in [0.717, 1.165) is 25.2 Å². The Morgan fingerprint density at radius 1 is 1.27 bits per heavy atom. The van der Waals surface area contributed by atoms with Gasteiger partial charge in [-0.3, -0.25) is 4.31 Å². The van der Waals surface area contributed by atoms with Crippen molar-refractivity contribution in [1.82, 2.24) is 4.90 Å². The molecule has 148 valence electrons. The molecule has 0 aliphatic carbocycles. The van der Waals surface area contributed by atoms with Crippen LogP contribution in [-0.4, -0.2) is 46.3 Å². The van der Waals surface area contributed by atoms with Crippen LogP contribution in [0.4, 0.5) is 5.69 Å². The van der Waals surface area contributed by atoms with E-state index in [4.69, 9.17) is 0 Å². The fraction of sp³-hybridized carbons (Fsp3) is 0.714. The van der Waals surface area contributed by atoms with Crippen LogP contribution in [0.15, 0.2) is 24.3 Å². The van der Waals surface area contributed by atoms with Crippen molar-refractivity contribution >= 4 is 15.7 Å². The van der Waals surface area contributed by atoms with Crippen molar-refractivity contribution in [2.75, 3.05) is 37.2 Å². The van der Waals surface area contributed by atoms with Gasteiger partial charge in [-0.2, -0.15) is 0 Å². The Balaban J connectivity index is 2.09. The van der Waals surface area contributed by atoms with Crippen LogP contribution in [0, 0.1) is 5.92 Å². The van der Waals surface area contributed by atoms with Crippen LogP contribution < -0.4 is 4.31 Å². The molecule has 1 saturated heterocycles. The molecule has 2 rings (SSSR count). The summed E-state index contributed by atoms with van der Waals surface area (Å²) in [4.78, 5) is 2.61. The molecule has 4 nitrogen and oxygen atoms in total. The van der Waals surface area contributed by atoms with Gasteiger partial charge in [0.1, 0.15) is 0 Å². The second kappa shape index (κ2) is 8.75. The van der Waals surface area contributed by atoms with Crippen LogP contribution in [0.3, 0.4) is 0 Å². The van der Waals surface area contributed by atoms with E-state index in [1.807, 2.05) is 12.1 Å². The minimum absolute atomic E-state index is 0.0915. The maximum atomic E-state index is 11.9. The number of unbranched alkanes of at least 4 members (excludes halogenated alkanes) is 3. The summed E-state index contributed by atoms with van der Waals surface area (Å²) in [6, 6.07) is 8.09. The standard InChI is InChI=1S/C21H36N2O2S/c1-6-7-8-9-14-23-15-13-21(3,18(2)17-23)19-11-10-12-20(16-19)22(4)26(5,24)25/h10-12,16,18H,6-9,13-15,17H2,1-5H3. The molecule has 1 aromatic carbocycles. The number of piperidine rings is 1. The predicted molar refractivity (Wildman–Crippen MR) is 111 cm³/mol. The van der Waals surface area contributed by atoms with Gasteiger partial charge < -0.3 is 4.90 Å². The molecule has 0 saturated carbocycles. The third-order valence-corrected chi connectivity index (χ3v) is 7.47. The molecule has 0 radical (unpaired) electrons. The Hall–Kier alpha value is -1.07. The van der Waals surface area contributed by atoms with E-state index < -0.39 is 10.0 Å². The second-order valence-corrected chi connectivity index (χ2v) is 10.2. The van der Waals surface area contributed by atoms with Crippen LogP contribution in [0.5, 0.6) is 0 Å². The third kappa shape index (κ3) is 5.01. The third-order valence-electron chi connectivity index (χ3n) is 6.26. The smallest absolute Gasteiger partial charge is 0.231 e. The summed E-state index contributed by atoms with van der Waals surface area (Å²) >= 11 is 0. The number of sulfonamides is 1. The summed E-state index contributed by atoms with van der Waals surface area (Å²) in [6.45, 7) is 10.4. The lowest BCUT2D eigenvalue weighted by atomic mass is 9.68.